The standard InChI is InChI=1S/C48H32/c1-4-14-33(15-5-1)34-26-28-38(29-27-34)47-42-22-10-11-23-43(42)48(36-18-8-3-9-19-36)45-32-39(30-31-44(45)47)41-25-13-21-37-20-12-24-40(46(37)41)35-16-6-2-7-17-35/h1-32H. The molecule has 0 heterocycles. The summed E-state index contributed by atoms with van der Waals surface area (Å²) in [5, 5.41) is 7.57. The van der Waals surface area contributed by atoms with Crippen molar-refractivity contribution < 1.29 is 0 Å². The molecule has 48 heavy (non-hydrogen) atoms. The van der Waals surface area contributed by atoms with E-state index in [4.69, 9.17) is 0 Å². The lowest BCUT2D eigenvalue weighted by molar-refractivity contribution is 1.61. The van der Waals surface area contributed by atoms with Gasteiger partial charge in [0.15, 0.2) is 0 Å². The average Bonchev–Trinajstić information content (AvgIpc) is 3.17. The fourth-order valence-electron chi connectivity index (χ4n) is 7.47. The lowest BCUT2D eigenvalue weighted by Gasteiger charge is -2.19. The average molecular weight is 609 g/mol. The van der Waals surface area contributed by atoms with E-state index in [-0.39, 0.29) is 0 Å². The highest BCUT2D eigenvalue weighted by atomic mass is 14.2. The van der Waals surface area contributed by atoms with Crippen LogP contribution in [0.1, 0.15) is 0 Å². The Balaban J connectivity index is 1.34. The van der Waals surface area contributed by atoms with E-state index in [2.05, 4.69) is 194 Å². The molecule has 0 fully saturated rings. The third kappa shape index (κ3) is 4.78. The van der Waals surface area contributed by atoms with Gasteiger partial charge in [-0.2, -0.15) is 0 Å². The maximum atomic E-state index is 2.43. The SMILES string of the molecule is c1ccc(-c2ccc(-c3c4ccccc4c(-c4ccccc4)c4cc(-c5cccc6cccc(-c7ccccc7)c56)ccc34)cc2)cc1. The predicted molar refractivity (Wildman–Crippen MR) is 206 cm³/mol. The molecule has 0 nitrogen and oxygen atoms in total. The van der Waals surface area contributed by atoms with Crippen LogP contribution in [0.4, 0.5) is 0 Å². The fourth-order valence-corrected chi connectivity index (χ4v) is 7.47. The van der Waals surface area contributed by atoms with Gasteiger partial charge < -0.3 is 0 Å². The maximum Gasteiger partial charge on any atom is -0.00262 e. The summed E-state index contributed by atoms with van der Waals surface area (Å²) in [6, 6.07) is 70.7. The molecule has 224 valence electrons. The van der Waals surface area contributed by atoms with Crippen LogP contribution < -0.4 is 0 Å². The van der Waals surface area contributed by atoms with Gasteiger partial charge in [-0.15, -0.1) is 0 Å². The Hall–Kier alpha value is -6.24. The van der Waals surface area contributed by atoms with E-state index >= 15 is 0 Å². The molecule has 0 N–H and O–H groups in total. The number of hydrogen-bond acceptors (Lipinski definition) is 0. The second kappa shape index (κ2) is 11.8. The van der Waals surface area contributed by atoms with E-state index in [1.807, 2.05) is 0 Å². The van der Waals surface area contributed by atoms with Gasteiger partial charge in [0.05, 0.1) is 0 Å². The topological polar surface area (TPSA) is 0 Å². The molecule has 0 aromatic heterocycles. The third-order valence-electron chi connectivity index (χ3n) is 9.67. The molecule has 0 aliphatic heterocycles. The first-order valence-corrected chi connectivity index (χ1v) is 16.6. The molecule has 0 saturated heterocycles. The second-order valence-electron chi connectivity index (χ2n) is 12.4. The Morgan fingerprint density at radius 1 is 0.229 bits per heavy atom. The minimum Gasteiger partial charge on any atom is -0.0622 e. The molecule has 0 saturated carbocycles. The van der Waals surface area contributed by atoms with Crippen LogP contribution in [0, 0.1) is 0 Å². The van der Waals surface area contributed by atoms with Gasteiger partial charge in [0.1, 0.15) is 0 Å². The van der Waals surface area contributed by atoms with Crippen molar-refractivity contribution in [3.05, 3.63) is 194 Å². The number of benzene rings is 9. The Kier molecular flexibility index (Phi) is 6.91. The van der Waals surface area contributed by atoms with Gasteiger partial charge >= 0.3 is 0 Å². The first-order valence-electron chi connectivity index (χ1n) is 16.6. The molecule has 0 heteroatoms. The summed E-state index contributed by atoms with van der Waals surface area (Å²) in [5.74, 6) is 0. The molecular weight excluding hydrogens is 577 g/mol. The Labute approximate surface area is 281 Å². The highest BCUT2D eigenvalue weighted by molar-refractivity contribution is 6.22. The van der Waals surface area contributed by atoms with Gasteiger partial charge in [-0.25, -0.2) is 0 Å². The molecule has 0 aliphatic carbocycles. The molecule has 9 aromatic rings. The summed E-state index contributed by atoms with van der Waals surface area (Å²) >= 11 is 0. The van der Waals surface area contributed by atoms with Gasteiger partial charge in [0.2, 0.25) is 0 Å². The lowest BCUT2D eigenvalue weighted by Crippen LogP contribution is -1.92. The molecule has 0 bridgehead atoms. The van der Waals surface area contributed by atoms with Crippen molar-refractivity contribution in [3.63, 3.8) is 0 Å². The molecule has 0 aliphatic rings. The zero-order chi connectivity index (χ0) is 31.9. The summed E-state index contributed by atoms with van der Waals surface area (Å²) in [6.07, 6.45) is 0. The normalized spacial score (nSPS) is 11.3. The summed E-state index contributed by atoms with van der Waals surface area (Å²) in [6.45, 7) is 0. The molecule has 0 atom stereocenters. The van der Waals surface area contributed by atoms with Crippen molar-refractivity contribution in [1.29, 1.82) is 0 Å². The molecule has 0 radical (unpaired) electrons. The number of rotatable bonds is 5. The van der Waals surface area contributed by atoms with E-state index in [0.717, 1.165) is 0 Å². The highest BCUT2D eigenvalue weighted by Crippen LogP contribution is 2.46. The van der Waals surface area contributed by atoms with E-state index < -0.39 is 0 Å². The molecule has 0 unspecified atom stereocenters. The van der Waals surface area contributed by atoms with Crippen LogP contribution in [0.25, 0.3) is 88.0 Å². The summed E-state index contributed by atoms with van der Waals surface area (Å²) in [5.41, 5.74) is 12.4. The third-order valence-corrected chi connectivity index (χ3v) is 9.67. The van der Waals surface area contributed by atoms with Crippen LogP contribution in [-0.2, 0) is 0 Å². The van der Waals surface area contributed by atoms with E-state index in [1.165, 1.54) is 88.0 Å². The molecular formula is C48H32. The molecule has 9 rings (SSSR count). The van der Waals surface area contributed by atoms with E-state index in [9.17, 15) is 0 Å². The van der Waals surface area contributed by atoms with Gasteiger partial charge in [0.25, 0.3) is 0 Å². The van der Waals surface area contributed by atoms with Crippen molar-refractivity contribution in [2.24, 2.45) is 0 Å². The molecule has 0 amide bonds. The van der Waals surface area contributed by atoms with Crippen molar-refractivity contribution in [3.8, 4) is 55.6 Å². The minimum atomic E-state index is 1.22. The van der Waals surface area contributed by atoms with Crippen LogP contribution in [0.15, 0.2) is 194 Å². The van der Waals surface area contributed by atoms with Gasteiger partial charge in [-0.05, 0) is 94.0 Å². The number of hydrogen-bond donors (Lipinski definition) is 0. The number of fused-ring (bicyclic) bond motifs is 3. The Morgan fingerprint density at radius 3 is 1.27 bits per heavy atom. The van der Waals surface area contributed by atoms with E-state index in [0.29, 0.717) is 0 Å². The zero-order valence-electron chi connectivity index (χ0n) is 26.5. The summed E-state index contributed by atoms with van der Waals surface area (Å²) in [7, 11) is 0. The predicted octanol–water partition coefficient (Wildman–Crippen LogP) is 13.5. The monoisotopic (exact) mass is 608 g/mol. The van der Waals surface area contributed by atoms with Crippen molar-refractivity contribution in [1.82, 2.24) is 0 Å². The fraction of sp³-hybridized carbons (Fsp3) is 0. The Morgan fingerprint density at radius 2 is 0.646 bits per heavy atom. The van der Waals surface area contributed by atoms with Crippen LogP contribution >= 0.6 is 0 Å². The molecule has 9 aromatic carbocycles. The summed E-state index contributed by atoms with van der Waals surface area (Å²) < 4.78 is 0. The smallest absolute Gasteiger partial charge is 0.00262 e. The highest BCUT2D eigenvalue weighted by Gasteiger charge is 2.18. The van der Waals surface area contributed by atoms with Crippen molar-refractivity contribution in [2.75, 3.05) is 0 Å². The van der Waals surface area contributed by atoms with Gasteiger partial charge in [-0.1, -0.05) is 188 Å². The van der Waals surface area contributed by atoms with Crippen LogP contribution in [0.5, 0.6) is 0 Å². The lowest BCUT2D eigenvalue weighted by atomic mass is 9.84. The Bertz CT molecular complexity index is 2560. The van der Waals surface area contributed by atoms with Gasteiger partial charge in [-0.3, -0.25) is 0 Å². The first-order chi connectivity index (χ1) is 23.8. The van der Waals surface area contributed by atoms with Crippen LogP contribution in [0.3, 0.4) is 0 Å². The van der Waals surface area contributed by atoms with Gasteiger partial charge in [0, 0.05) is 0 Å². The second-order valence-corrected chi connectivity index (χ2v) is 12.4. The largest absolute Gasteiger partial charge is 0.0622 e. The molecule has 0 spiro atoms. The van der Waals surface area contributed by atoms with Crippen LogP contribution in [0.2, 0.25) is 0 Å². The first kappa shape index (κ1) is 28.0. The minimum absolute atomic E-state index is 1.22. The maximum absolute atomic E-state index is 2.43. The van der Waals surface area contributed by atoms with E-state index in [1.54, 1.807) is 0 Å². The van der Waals surface area contributed by atoms with Crippen molar-refractivity contribution >= 4 is 32.3 Å². The van der Waals surface area contributed by atoms with Crippen molar-refractivity contribution in [2.45, 2.75) is 0 Å². The van der Waals surface area contributed by atoms with Crippen LogP contribution in [-0.4, -0.2) is 0 Å². The zero-order valence-corrected chi connectivity index (χ0v) is 26.5. The summed E-state index contributed by atoms with van der Waals surface area (Å²) in [4.78, 5) is 0. The quantitative estimate of drug-likeness (QED) is 0.171.